The molecule has 0 aliphatic carbocycles. The Morgan fingerprint density at radius 1 is 1.00 bits per heavy atom. The van der Waals surface area contributed by atoms with Gasteiger partial charge in [0, 0.05) is 21.8 Å². The minimum atomic E-state index is -0.481. The van der Waals surface area contributed by atoms with Crippen molar-refractivity contribution >= 4 is 58.1 Å². The second-order valence-electron chi connectivity index (χ2n) is 7.09. The molecule has 0 unspecified atom stereocenters. The van der Waals surface area contributed by atoms with E-state index in [2.05, 4.69) is 15.5 Å². The zero-order chi connectivity index (χ0) is 23.0. The summed E-state index contributed by atoms with van der Waals surface area (Å²) in [7, 11) is 0. The van der Waals surface area contributed by atoms with Crippen LogP contribution in [0.2, 0.25) is 20.1 Å². The van der Waals surface area contributed by atoms with Crippen molar-refractivity contribution in [3.05, 3.63) is 85.1 Å². The van der Waals surface area contributed by atoms with E-state index in [-0.39, 0.29) is 16.6 Å². The van der Waals surface area contributed by atoms with Crippen LogP contribution in [0.15, 0.2) is 40.9 Å². The maximum atomic E-state index is 12.6. The van der Waals surface area contributed by atoms with E-state index in [1.165, 1.54) is 0 Å². The standard InChI is InChI=1S/C21H17Cl4N5O2/c1-11-19(25)12(2)30(27-11)8-13-6-7-18(32-13)21(31)26-20-17(24)10-29(28-20)9-14-15(22)4-3-5-16(14)23/h3-7,10H,8-9H2,1-2H3,(H,26,28,31). The number of anilines is 1. The molecular formula is C21H17Cl4N5O2. The van der Waals surface area contributed by atoms with E-state index >= 15 is 0 Å². The molecule has 166 valence electrons. The lowest BCUT2D eigenvalue weighted by Crippen LogP contribution is -2.12. The van der Waals surface area contributed by atoms with Crippen molar-refractivity contribution in [1.29, 1.82) is 0 Å². The van der Waals surface area contributed by atoms with Crippen LogP contribution >= 0.6 is 46.4 Å². The summed E-state index contributed by atoms with van der Waals surface area (Å²) in [6, 6.07) is 8.53. The van der Waals surface area contributed by atoms with Crippen LogP contribution in [0.5, 0.6) is 0 Å². The van der Waals surface area contributed by atoms with Gasteiger partial charge in [-0.3, -0.25) is 14.2 Å². The number of benzene rings is 1. The molecule has 0 bridgehead atoms. The number of hydrogen-bond donors (Lipinski definition) is 1. The van der Waals surface area contributed by atoms with Gasteiger partial charge in [0.2, 0.25) is 0 Å². The Labute approximate surface area is 203 Å². The van der Waals surface area contributed by atoms with Crippen LogP contribution in [0.25, 0.3) is 0 Å². The Hall–Kier alpha value is -2.45. The second kappa shape index (κ2) is 9.19. The fourth-order valence-corrected chi connectivity index (χ4v) is 3.99. The SMILES string of the molecule is Cc1nn(Cc2ccc(C(=O)Nc3nn(Cc4c(Cl)cccc4Cl)cc3Cl)o2)c(C)c1Cl. The molecule has 4 rings (SSSR count). The molecule has 0 saturated carbocycles. The van der Waals surface area contributed by atoms with Crippen molar-refractivity contribution in [3.63, 3.8) is 0 Å². The maximum Gasteiger partial charge on any atom is 0.292 e. The third-order valence-corrected chi connectivity index (χ3v) is 6.35. The molecule has 0 fully saturated rings. The van der Waals surface area contributed by atoms with Crippen molar-refractivity contribution in [1.82, 2.24) is 19.6 Å². The van der Waals surface area contributed by atoms with Crippen LogP contribution in [0.1, 0.15) is 33.3 Å². The van der Waals surface area contributed by atoms with Crippen molar-refractivity contribution < 1.29 is 9.21 Å². The molecule has 1 N–H and O–H groups in total. The van der Waals surface area contributed by atoms with Gasteiger partial charge >= 0.3 is 0 Å². The highest BCUT2D eigenvalue weighted by Gasteiger charge is 2.18. The Morgan fingerprint density at radius 2 is 1.72 bits per heavy atom. The van der Waals surface area contributed by atoms with Crippen LogP contribution < -0.4 is 5.32 Å². The number of carbonyl (C=O) groups is 1. The van der Waals surface area contributed by atoms with Gasteiger partial charge in [0.1, 0.15) is 10.8 Å². The van der Waals surface area contributed by atoms with Crippen LogP contribution in [0.4, 0.5) is 5.82 Å². The molecule has 11 heteroatoms. The first-order chi connectivity index (χ1) is 15.2. The van der Waals surface area contributed by atoms with Crippen molar-refractivity contribution in [2.45, 2.75) is 26.9 Å². The van der Waals surface area contributed by atoms with Crippen LogP contribution in [0.3, 0.4) is 0 Å². The number of carbonyl (C=O) groups excluding carboxylic acids is 1. The van der Waals surface area contributed by atoms with Gasteiger partial charge in [0.05, 0.1) is 29.5 Å². The van der Waals surface area contributed by atoms with E-state index in [9.17, 15) is 4.79 Å². The summed E-state index contributed by atoms with van der Waals surface area (Å²) in [5.41, 5.74) is 2.26. The minimum absolute atomic E-state index is 0.118. The first-order valence-corrected chi connectivity index (χ1v) is 11.0. The summed E-state index contributed by atoms with van der Waals surface area (Å²) in [6.07, 6.45) is 1.58. The Bertz CT molecular complexity index is 1290. The molecule has 1 aromatic carbocycles. The van der Waals surface area contributed by atoms with E-state index in [0.717, 1.165) is 11.4 Å². The van der Waals surface area contributed by atoms with Crippen molar-refractivity contribution in [2.24, 2.45) is 0 Å². The largest absolute Gasteiger partial charge is 0.454 e. The van der Waals surface area contributed by atoms with Gasteiger partial charge in [0.25, 0.3) is 5.91 Å². The maximum absolute atomic E-state index is 12.6. The monoisotopic (exact) mass is 511 g/mol. The zero-order valence-corrected chi connectivity index (χ0v) is 20.0. The first-order valence-electron chi connectivity index (χ1n) is 9.48. The quantitative estimate of drug-likeness (QED) is 0.331. The minimum Gasteiger partial charge on any atom is -0.454 e. The summed E-state index contributed by atoms with van der Waals surface area (Å²) in [5.74, 6) is 0.392. The summed E-state index contributed by atoms with van der Waals surface area (Å²) < 4.78 is 8.94. The second-order valence-corrected chi connectivity index (χ2v) is 8.69. The van der Waals surface area contributed by atoms with Gasteiger partial charge in [-0.1, -0.05) is 52.5 Å². The van der Waals surface area contributed by atoms with Crippen LogP contribution in [-0.4, -0.2) is 25.5 Å². The van der Waals surface area contributed by atoms with E-state index in [1.807, 2.05) is 13.8 Å². The van der Waals surface area contributed by atoms with Gasteiger partial charge in [0.15, 0.2) is 11.6 Å². The number of nitrogens with one attached hydrogen (secondary N) is 1. The lowest BCUT2D eigenvalue weighted by Gasteiger charge is -2.06. The van der Waals surface area contributed by atoms with Gasteiger partial charge in [-0.25, -0.2) is 0 Å². The molecule has 0 spiro atoms. The molecular weight excluding hydrogens is 496 g/mol. The van der Waals surface area contributed by atoms with Gasteiger partial charge in [-0.15, -0.1) is 0 Å². The molecule has 0 atom stereocenters. The number of hydrogen-bond acceptors (Lipinski definition) is 4. The molecule has 4 aromatic rings. The Morgan fingerprint density at radius 3 is 2.38 bits per heavy atom. The normalized spacial score (nSPS) is 11.2. The molecule has 0 radical (unpaired) electrons. The molecule has 32 heavy (non-hydrogen) atoms. The predicted octanol–water partition coefficient (Wildman–Crippen LogP) is 6.25. The van der Waals surface area contributed by atoms with E-state index < -0.39 is 5.91 Å². The number of rotatable bonds is 6. The predicted molar refractivity (Wildman–Crippen MR) is 125 cm³/mol. The lowest BCUT2D eigenvalue weighted by molar-refractivity contribution is 0.0994. The van der Waals surface area contributed by atoms with Crippen molar-refractivity contribution in [2.75, 3.05) is 5.32 Å². The van der Waals surface area contributed by atoms with Gasteiger partial charge in [-0.05, 0) is 38.1 Å². The highest BCUT2D eigenvalue weighted by molar-refractivity contribution is 6.36. The molecule has 7 nitrogen and oxygen atoms in total. The molecule has 0 aliphatic heterocycles. The topological polar surface area (TPSA) is 77.9 Å². The van der Waals surface area contributed by atoms with E-state index in [0.29, 0.717) is 39.5 Å². The summed E-state index contributed by atoms with van der Waals surface area (Å²) in [4.78, 5) is 12.6. The summed E-state index contributed by atoms with van der Waals surface area (Å²) in [6.45, 7) is 4.34. The number of aromatic nitrogens is 4. The average Bonchev–Trinajstić information content (AvgIpc) is 3.41. The number of nitrogens with zero attached hydrogens (tertiary/aromatic N) is 4. The third kappa shape index (κ3) is 4.66. The highest BCUT2D eigenvalue weighted by Crippen LogP contribution is 2.27. The number of aryl methyl sites for hydroxylation is 1. The molecule has 1 amide bonds. The molecule has 0 saturated heterocycles. The Kier molecular flexibility index (Phi) is 6.53. The number of amides is 1. The van der Waals surface area contributed by atoms with Gasteiger partial charge < -0.3 is 9.73 Å². The van der Waals surface area contributed by atoms with Crippen molar-refractivity contribution in [3.8, 4) is 0 Å². The fraction of sp³-hybridized carbons (Fsp3) is 0.190. The molecule has 3 aromatic heterocycles. The number of halogens is 4. The zero-order valence-electron chi connectivity index (χ0n) is 17.0. The highest BCUT2D eigenvalue weighted by atomic mass is 35.5. The Balaban J connectivity index is 1.46. The third-order valence-electron chi connectivity index (χ3n) is 4.81. The smallest absolute Gasteiger partial charge is 0.292 e. The first kappa shape index (κ1) is 22.7. The molecule has 0 aliphatic rings. The lowest BCUT2D eigenvalue weighted by atomic mass is 10.2. The fourth-order valence-electron chi connectivity index (χ4n) is 3.14. The average molecular weight is 513 g/mol. The van der Waals surface area contributed by atoms with Gasteiger partial charge in [-0.2, -0.15) is 10.2 Å². The van der Waals surface area contributed by atoms with Crippen LogP contribution in [-0.2, 0) is 13.1 Å². The summed E-state index contributed by atoms with van der Waals surface area (Å²) >= 11 is 24.9. The summed E-state index contributed by atoms with van der Waals surface area (Å²) in [5, 5.41) is 13.2. The molecule has 3 heterocycles. The van der Waals surface area contributed by atoms with Crippen LogP contribution in [0, 0.1) is 13.8 Å². The van der Waals surface area contributed by atoms with E-state index in [1.54, 1.807) is 45.9 Å². The van der Waals surface area contributed by atoms with E-state index in [4.69, 9.17) is 50.8 Å². The number of furan rings is 1.